The average Bonchev–Trinajstić information content (AvgIpc) is 2.38. The van der Waals surface area contributed by atoms with Gasteiger partial charge in [0.1, 0.15) is 11.5 Å². The second kappa shape index (κ2) is 6.43. The summed E-state index contributed by atoms with van der Waals surface area (Å²) in [5.41, 5.74) is 1.14. The quantitative estimate of drug-likeness (QED) is 0.869. The number of benzene rings is 2. The van der Waals surface area contributed by atoms with Crippen molar-refractivity contribution in [1.82, 2.24) is 5.32 Å². The van der Waals surface area contributed by atoms with Gasteiger partial charge < -0.3 is 10.1 Å². The second-order valence-corrected chi connectivity index (χ2v) is 4.38. The Bertz CT molecular complexity index is 513. The van der Waals surface area contributed by atoms with Crippen LogP contribution in [-0.2, 0) is 6.54 Å². The van der Waals surface area contributed by atoms with Gasteiger partial charge >= 0.3 is 0 Å². The van der Waals surface area contributed by atoms with E-state index in [1.807, 2.05) is 42.5 Å². The maximum Gasteiger partial charge on any atom is 0.131 e. The Morgan fingerprint density at radius 1 is 1.11 bits per heavy atom. The maximum absolute atomic E-state index is 5.94. The Morgan fingerprint density at radius 3 is 2.72 bits per heavy atom. The summed E-state index contributed by atoms with van der Waals surface area (Å²) in [6.07, 6.45) is 0. The largest absolute Gasteiger partial charge is 0.457 e. The number of nitrogens with one attached hydrogen (secondary N) is 1. The van der Waals surface area contributed by atoms with E-state index in [9.17, 15) is 0 Å². The fourth-order valence-electron chi connectivity index (χ4n) is 1.67. The van der Waals surface area contributed by atoms with Crippen molar-refractivity contribution in [2.24, 2.45) is 0 Å². The molecule has 0 amide bonds. The van der Waals surface area contributed by atoms with E-state index in [0.29, 0.717) is 5.02 Å². The van der Waals surface area contributed by atoms with E-state index in [0.717, 1.165) is 30.2 Å². The van der Waals surface area contributed by atoms with Gasteiger partial charge in [-0.1, -0.05) is 42.8 Å². The van der Waals surface area contributed by atoms with Gasteiger partial charge in [0.05, 0.1) is 0 Å². The fraction of sp³-hybridized carbons (Fsp3) is 0.200. The Morgan fingerprint density at radius 2 is 1.94 bits per heavy atom. The van der Waals surface area contributed by atoms with Crippen molar-refractivity contribution < 1.29 is 4.74 Å². The molecule has 0 unspecified atom stereocenters. The molecule has 2 aromatic carbocycles. The minimum atomic E-state index is 0.677. The molecule has 0 saturated carbocycles. The lowest BCUT2D eigenvalue weighted by atomic mass is 10.2. The van der Waals surface area contributed by atoms with Crippen LogP contribution in [0.15, 0.2) is 48.5 Å². The third-order valence-corrected chi connectivity index (χ3v) is 2.80. The Balaban J connectivity index is 2.17. The second-order valence-electron chi connectivity index (χ2n) is 3.95. The SMILES string of the molecule is CCNCc1ccccc1Oc1cccc(Cl)c1. The van der Waals surface area contributed by atoms with Crippen LogP contribution in [0, 0.1) is 0 Å². The van der Waals surface area contributed by atoms with Crippen molar-refractivity contribution in [3.63, 3.8) is 0 Å². The lowest BCUT2D eigenvalue weighted by molar-refractivity contribution is 0.473. The number of ether oxygens (including phenoxy) is 1. The van der Waals surface area contributed by atoms with Crippen molar-refractivity contribution in [1.29, 1.82) is 0 Å². The van der Waals surface area contributed by atoms with Gasteiger partial charge in [-0.2, -0.15) is 0 Å². The molecule has 94 valence electrons. The standard InChI is InChI=1S/C15H16ClNO/c1-2-17-11-12-6-3-4-9-15(12)18-14-8-5-7-13(16)10-14/h3-10,17H,2,11H2,1H3. The maximum atomic E-state index is 5.94. The molecule has 1 N–H and O–H groups in total. The Labute approximate surface area is 113 Å². The first-order valence-electron chi connectivity index (χ1n) is 6.01. The zero-order valence-electron chi connectivity index (χ0n) is 10.3. The molecule has 0 aliphatic rings. The first kappa shape index (κ1) is 12.9. The van der Waals surface area contributed by atoms with Crippen molar-refractivity contribution in [2.45, 2.75) is 13.5 Å². The summed E-state index contributed by atoms with van der Waals surface area (Å²) < 4.78 is 5.86. The van der Waals surface area contributed by atoms with Crippen LogP contribution in [0.2, 0.25) is 5.02 Å². The molecule has 0 aliphatic heterocycles. The zero-order chi connectivity index (χ0) is 12.8. The van der Waals surface area contributed by atoms with Crippen molar-refractivity contribution in [2.75, 3.05) is 6.54 Å². The van der Waals surface area contributed by atoms with Crippen LogP contribution in [0.4, 0.5) is 0 Å². The highest BCUT2D eigenvalue weighted by molar-refractivity contribution is 6.30. The molecule has 0 heterocycles. The zero-order valence-corrected chi connectivity index (χ0v) is 11.1. The normalized spacial score (nSPS) is 10.3. The molecule has 2 rings (SSSR count). The fourth-order valence-corrected chi connectivity index (χ4v) is 1.85. The Kier molecular flexibility index (Phi) is 4.62. The van der Waals surface area contributed by atoms with E-state index in [1.165, 1.54) is 0 Å². The molecule has 0 bridgehead atoms. The first-order valence-corrected chi connectivity index (χ1v) is 6.39. The van der Waals surface area contributed by atoms with E-state index in [-0.39, 0.29) is 0 Å². The summed E-state index contributed by atoms with van der Waals surface area (Å²) in [5, 5.41) is 3.97. The number of para-hydroxylation sites is 1. The van der Waals surface area contributed by atoms with Crippen molar-refractivity contribution >= 4 is 11.6 Å². The van der Waals surface area contributed by atoms with Gasteiger partial charge in [0.2, 0.25) is 0 Å². The van der Waals surface area contributed by atoms with Gasteiger partial charge in [0.25, 0.3) is 0 Å². The molecule has 0 spiro atoms. The average molecular weight is 262 g/mol. The van der Waals surface area contributed by atoms with Crippen LogP contribution < -0.4 is 10.1 Å². The minimum absolute atomic E-state index is 0.677. The minimum Gasteiger partial charge on any atom is -0.457 e. The molecular weight excluding hydrogens is 246 g/mol. The van der Waals surface area contributed by atoms with E-state index in [4.69, 9.17) is 16.3 Å². The molecule has 0 fully saturated rings. The first-order chi connectivity index (χ1) is 8.79. The number of halogens is 1. The van der Waals surface area contributed by atoms with Gasteiger partial charge in [0, 0.05) is 17.1 Å². The summed E-state index contributed by atoms with van der Waals surface area (Å²) >= 11 is 5.94. The van der Waals surface area contributed by atoms with Crippen LogP contribution in [0.1, 0.15) is 12.5 Å². The van der Waals surface area contributed by atoms with Gasteiger partial charge in [0.15, 0.2) is 0 Å². The van der Waals surface area contributed by atoms with Crippen LogP contribution in [0.25, 0.3) is 0 Å². The third kappa shape index (κ3) is 3.49. The molecule has 3 heteroatoms. The number of hydrogen-bond acceptors (Lipinski definition) is 2. The van der Waals surface area contributed by atoms with Crippen molar-refractivity contribution in [3.05, 3.63) is 59.1 Å². The van der Waals surface area contributed by atoms with Crippen molar-refractivity contribution in [3.8, 4) is 11.5 Å². The molecule has 2 nitrogen and oxygen atoms in total. The molecule has 18 heavy (non-hydrogen) atoms. The topological polar surface area (TPSA) is 21.3 Å². The summed E-state index contributed by atoms with van der Waals surface area (Å²) in [7, 11) is 0. The highest BCUT2D eigenvalue weighted by atomic mass is 35.5. The number of rotatable bonds is 5. The smallest absolute Gasteiger partial charge is 0.131 e. The molecule has 0 aliphatic carbocycles. The molecular formula is C15H16ClNO. The van der Waals surface area contributed by atoms with Crippen LogP contribution >= 0.6 is 11.6 Å². The monoisotopic (exact) mass is 261 g/mol. The van der Waals surface area contributed by atoms with E-state index in [1.54, 1.807) is 0 Å². The predicted octanol–water partition coefficient (Wildman–Crippen LogP) is 4.24. The number of hydrogen-bond donors (Lipinski definition) is 1. The van der Waals surface area contributed by atoms with Gasteiger partial charge in [-0.05, 0) is 30.8 Å². The summed E-state index contributed by atoms with van der Waals surface area (Å²) in [6, 6.07) is 15.4. The lowest BCUT2D eigenvalue weighted by Crippen LogP contribution is -2.12. The van der Waals surface area contributed by atoms with Gasteiger partial charge in [-0.15, -0.1) is 0 Å². The van der Waals surface area contributed by atoms with Crippen LogP contribution in [-0.4, -0.2) is 6.54 Å². The van der Waals surface area contributed by atoms with Crippen LogP contribution in [0.5, 0.6) is 11.5 Å². The predicted molar refractivity (Wildman–Crippen MR) is 75.3 cm³/mol. The summed E-state index contributed by atoms with van der Waals surface area (Å²) in [5.74, 6) is 1.62. The summed E-state index contributed by atoms with van der Waals surface area (Å²) in [4.78, 5) is 0. The highest BCUT2D eigenvalue weighted by Crippen LogP contribution is 2.26. The molecule has 2 aromatic rings. The Hall–Kier alpha value is -1.51. The highest BCUT2D eigenvalue weighted by Gasteiger charge is 2.04. The van der Waals surface area contributed by atoms with Gasteiger partial charge in [-0.25, -0.2) is 0 Å². The molecule has 0 radical (unpaired) electrons. The van der Waals surface area contributed by atoms with E-state index < -0.39 is 0 Å². The molecule has 0 atom stereocenters. The third-order valence-electron chi connectivity index (χ3n) is 2.56. The van der Waals surface area contributed by atoms with Crippen LogP contribution in [0.3, 0.4) is 0 Å². The summed E-state index contributed by atoms with van der Waals surface area (Å²) in [6.45, 7) is 3.82. The lowest BCUT2D eigenvalue weighted by Gasteiger charge is -2.11. The molecule has 0 saturated heterocycles. The van der Waals surface area contributed by atoms with E-state index in [2.05, 4.69) is 18.3 Å². The molecule has 0 aromatic heterocycles. The van der Waals surface area contributed by atoms with E-state index >= 15 is 0 Å². The van der Waals surface area contributed by atoms with Gasteiger partial charge in [-0.3, -0.25) is 0 Å².